The van der Waals surface area contributed by atoms with E-state index >= 15 is 0 Å². The fourth-order valence-electron chi connectivity index (χ4n) is 2.34. The predicted molar refractivity (Wildman–Crippen MR) is 85.8 cm³/mol. The molecule has 108 valence electrons. The monoisotopic (exact) mass is 308 g/mol. The maximum absolute atomic E-state index is 5.69. The summed E-state index contributed by atoms with van der Waals surface area (Å²) in [5, 5.41) is 7.92. The van der Waals surface area contributed by atoms with Gasteiger partial charge in [-0.1, -0.05) is 6.07 Å². The number of nitrogens with zero attached hydrogens (tertiary/aromatic N) is 5. The van der Waals surface area contributed by atoms with E-state index in [-0.39, 0.29) is 0 Å². The summed E-state index contributed by atoms with van der Waals surface area (Å²) in [6.45, 7) is 0. The van der Waals surface area contributed by atoms with Crippen molar-refractivity contribution < 1.29 is 0 Å². The maximum Gasteiger partial charge on any atom is 0.201 e. The molecule has 0 atom stereocenters. The van der Waals surface area contributed by atoms with Crippen LogP contribution in [0.25, 0.3) is 21.7 Å². The Morgan fingerprint density at radius 1 is 1.05 bits per heavy atom. The molecule has 4 rings (SSSR count). The van der Waals surface area contributed by atoms with Crippen LogP contribution in [0.1, 0.15) is 10.4 Å². The highest BCUT2D eigenvalue weighted by atomic mass is 32.1. The molecule has 22 heavy (non-hydrogen) atoms. The summed E-state index contributed by atoms with van der Waals surface area (Å²) in [5.74, 6) is 5.69. The van der Waals surface area contributed by atoms with Gasteiger partial charge < -0.3 is 5.84 Å². The van der Waals surface area contributed by atoms with Gasteiger partial charge in [0.05, 0.1) is 10.6 Å². The second-order valence-corrected chi connectivity index (χ2v) is 6.00. The maximum atomic E-state index is 5.69. The summed E-state index contributed by atoms with van der Waals surface area (Å²) in [7, 11) is 0. The zero-order valence-corrected chi connectivity index (χ0v) is 12.4. The second kappa shape index (κ2) is 5.19. The van der Waals surface area contributed by atoms with Crippen molar-refractivity contribution in [2.24, 2.45) is 0 Å². The molecule has 4 heterocycles. The zero-order chi connectivity index (χ0) is 14.9. The number of hydrogen-bond acceptors (Lipinski definition) is 6. The van der Waals surface area contributed by atoms with Gasteiger partial charge in [0.1, 0.15) is 5.52 Å². The largest absolute Gasteiger partial charge is 0.320 e. The highest BCUT2D eigenvalue weighted by Gasteiger charge is 2.11. The van der Waals surface area contributed by atoms with Crippen LogP contribution in [-0.4, -0.2) is 25.1 Å². The highest BCUT2D eigenvalue weighted by Crippen LogP contribution is 2.28. The van der Waals surface area contributed by atoms with Gasteiger partial charge in [-0.3, -0.25) is 4.98 Å². The van der Waals surface area contributed by atoms with Crippen molar-refractivity contribution in [1.82, 2.24) is 25.1 Å². The third kappa shape index (κ3) is 2.21. The van der Waals surface area contributed by atoms with Gasteiger partial charge in [-0.05, 0) is 41.1 Å². The van der Waals surface area contributed by atoms with E-state index in [0.29, 0.717) is 5.65 Å². The number of fused-ring (bicyclic) bond motifs is 1. The van der Waals surface area contributed by atoms with Crippen LogP contribution in [-0.2, 0) is 6.42 Å². The SMILES string of the molecule is Nn1nnc2c(Cc3ccc(-c4ccccn4)s3)ccnc21. The fourth-order valence-corrected chi connectivity index (χ4v) is 3.35. The minimum atomic E-state index is 0.596. The summed E-state index contributed by atoms with van der Waals surface area (Å²) >= 11 is 1.73. The molecule has 0 bridgehead atoms. The third-order valence-corrected chi connectivity index (χ3v) is 4.50. The molecular weight excluding hydrogens is 296 g/mol. The van der Waals surface area contributed by atoms with Crippen molar-refractivity contribution in [1.29, 1.82) is 0 Å². The number of nitrogen functional groups attached to an aromatic ring is 1. The molecule has 0 unspecified atom stereocenters. The van der Waals surface area contributed by atoms with Crippen LogP contribution in [0.4, 0.5) is 0 Å². The number of thiophene rings is 1. The van der Waals surface area contributed by atoms with E-state index in [1.807, 2.05) is 24.3 Å². The topological polar surface area (TPSA) is 82.5 Å². The molecule has 0 aliphatic carbocycles. The Balaban J connectivity index is 1.68. The molecule has 0 aromatic carbocycles. The predicted octanol–water partition coefficient (Wildman–Crippen LogP) is 2.25. The summed E-state index contributed by atoms with van der Waals surface area (Å²) in [6, 6.07) is 12.1. The second-order valence-electron chi connectivity index (χ2n) is 4.83. The number of pyridine rings is 2. The molecule has 0 fully saturated rings. The van der Waals surface area contributed by atoms with Crippen molar-refractivity contribution >= 4 is 22.5 Å². The highest BCUT2D eigenvalue weighted by molar-refractivity contribution is 7.15. The van der Waals surface area contributed by atoms with Crippen LogP contribution in [0.2, 0.25) is 0 Å². The molecule has 0 radical (unpaired) electrons. The lowest BCUT2D eigenvalue weighted by atomic mass is 10.1. The average molecular weight is 308 g/mol. The molecule has 7 heteroatoms. The van der Waals surface area contributed by atoms with E-state index in [1.54, 1.807) is 23.7 Å². The summed E-state index contributed by atoms with van der Waals surface area (Å²) in [6.07, 6.45) is 4.31. The van der Waals surface area contributed by atoms with Gasteiger partial charge in [0, 0.05) is 23.7 Å². The van der Waals surface area contributed by atoms with Gasteiger partial charge in [-0.25, -0.2) is 4.98 Å². The Kier molecular flexibility index (Phi) is 3.05. The number of rotatable bonds is 3. The number of hydrogen-bond donors (Lipinski definition) is 1. The van der Waals surface area contributed by atoms with Gasteiger partial charge in [-0.15, -0.1) is 21.2 Å². The van der Waals surface area contributed by atoms with E-state index in [2.05, 4.69) is 32.4 Å². The van der Waals surface area contributed by atoms with Gasteiger partial charge in [0.15, 0.2) is 0 Å². The van der Waals surface area contributed by atoms with E-state index in [9.17, 15) is 0 Å². The molecule has 0 aliphatic heterocycles. The third-order valence-electron chi connectivity index (χ3n) is 3.39. The molecule has 6 nitrogen and oxygen atoms in total. The van der Waals surface area contributed by atoms with Crippen molar-refractivity contribution in [3.8, 4) is 10.6 Å². The number of aromatic nitrogens is 5. The zero-order valence-electron chi connectivity index (χ0n) is 11.5. The first-order chi connectivity index (χ1) is 10.8. The van der Waals surface area contributed by atoms with E-state index in [0.717, 1.165) is 28.1 Å². The van der Waals surface area contributed by atoms with Crippen LogP contribution in [0.3, 0.4) is 0 Å². The lowest BCUT2D eigenvalue weighted by molar-refractivity contribution is 0.780. The molecular formula is C15H12N6S. The normalized spacial score (nSPS) is 11.1. The lowest BCUT2D eigenvalue weighted by Gasteiger charge is -1.99. The van der Waals surface area contributed by atoms with E-state index in [1.165, 1.54) is 9.67 Å². The van der Waals surface area contributed by atoms with Crippen LogP contribution in [0, 0.1) is 0 Å². The standard InChI is InChI=1S/C15H12N6S/c16-21-15-14(19-20-21)10(6-8-18-15)9-11-4-5-13(22-11)12-3-1-2-7-17-12/h1-8H,9,16H2. The van der Waals surface area contributed by atoms with Crippen molar-refractivity contribution in [2.75, 3.05) is 5.84 Å². The Morgan fingerprint density at radius 3 is 2.86 bits per heavy atom. The Bertz CT molecular complexity index is 928. The molecule has 2 N–H and O–H groups in total. The smallest absolute Gasteiger partial charge is 0.201 e. The van der Waals surface area contributed by atoms with E-state index < -0.39 is 0 Å². The Morgan fingerprint density at radius 2 is 2.00 bits per heavy atom. The first kappa shape index (κ1) is 12.9. The van der Waals surface area contributed by atoms with Crippen LogP contribution < -0.4 is 5.84 Å². The summed E-state index contributed by atoms with van der Waals surface area (Å²) in [4.78, 5) is 12.2. The van der Waals surface area contributed by atoms with Gasteiger partial charge in [0.25, 0.3) is 0 Å². The molecule has 0 saturated heterocycles. The molecule has 0 spiro atoms. The van der Waals surface area contributed by atoms with Gasteiger partial charge in [-0.2, -0.15) is 0 Å². The Labute approximate surface area is 130 Å². The van der Waals surface area contributed by atoms with E-state index in [4.69, 9.17) is 5.84 Å². The number of nitrogens with two attached hydrogens (primary N) is 1. The van der Waals surface area contributed by atoms with Gasteiger partial charge in [0.2, 0.25) is 5.65 Å². The summed E-state index contributed by atoms with van der Waals surface area (Å²) < 4.78 is 0. The minimum Gasteiger partial charge on any atom is -0.320 e. The molecule has 0 amide bonds. The first-order valence-electron chi connectivity index (χ1n) is 6.76. The summed E-state index contributed by atoms with van der Waals surface area (Å²) in [5.41, 5.74) is 3.40. The molecule has 4 aromatic rings. The average Bonchev–Trinajstić information content (AvgIpc) is 3.17. The van der Waals surface area contributed by atoms with Crippen LogP contribution in [0.15, 0.2) is 48.8 Å². The van der Waals surface area contributed by atoms with Crippen molar-refractivity contribution in [2.45, 2.75) is 6.42 Å². The fraction of sp³-hybridized carbons (Fsp3) is 0.0667. The first-order valence-corrected chi connectivity index (χ1v) is 7.57. The van der Waals surface area contributed by atoms with Crippen LogP contribution in [0.5, 0.6) is 0 Å². The lowest BCUT2D eigenvalue weighted by Crippen LogP contribution is -2.10. The van der Waals surface area contributed by atoms with Gasteiger partial charge >= 0.3 is 0 Å². The molecule has 0 saturated carbocycles. The minimum absolute atomic E-state index is 0.596. The van der Waals surface area contributed by atoms with Crippen molar-refractivity contribution in [3.05, 3.63) is 59.2 Å². The molecule has 4 aromatic heterocycles. The van der Waals surface area contributed by atoms with Crippen LogP contribution >= 0.6 is 11.3 Å². The Hall–Kier alpha value is -2.80. The molecule has 0 aliphatic rings. The quantitative estimate of drug-likeness (QED) is 0.587. The van der Waals surface area contributed by atoms with Crippen molar-refractivity contribution in [3.63, 3.8) is 0 Å².